The molecule has 2 aromatic rings. The van der Waals surface area contributed by atoms with Crippen molar-refractivity contribution in [3.05, 3.63) is 58.9 Å². The summed E-state index contributed by atoms with van der Waals surface area (Å²) in [6.07, 6.45) is 4.07. The van der Waals surface area contributed by atoms with Gasteiger partial charge in [-0.1, -0.05) is 17.7 Å². The van der Waals surface area contributed by atoms with Gasteiger partial charge in [-0.3, -0.25) is 4.98 Å². The summed E-state index contributed by atoms with van der Waals surface area (Å²) in [7, 11) is 0. The van der Waals surface area contributed by atoms with Crippen LogP contribution in [0, 0.1) is 0 Å². The minimum Gasteiger partial charge on any atom is -0.462 e. The fourth-order valence-electron chi connectivity index (χ4n) is 1.56. The van der Waals surface area contributed by atoms with E-state index in [4.69, 9.17) is 22.1 Å². The molecule has 1 aromatic heterocycles. The van der Waals surface area contributed by atoms with E-state index in [0.717, 1.165) is 5.56 Å². The van der Waals surface area contributed by atoms with E-state index in [1.165, 1.54) is 6.07 Å². The Labute approximate surface area is 116 Å². The number of ether oxygens (including phenoxy) is 1. The quantitative estimate of drug-likeness (QED) is 0.689. The van der Waals surface area contributed by atoms with Crippen molar-refractivity contribution in [3.8, 4) is 0 Å². The molecule has 98 valence electrons. The summed E-state index contributed by atoms with van der Waals surface area (Å²) < 4.78 is 5.16. The Morgan fingerprint density at radius 3 is 2.89 bits per heavy atom. The van der Waals surface area contributed by atoms with Gasteiger partial charge in [-0.05, 0) is 29.8 Å². The molecule has 0 bridgehead atoms. The number of esters is 1. The lowest BCUT2D eigenvalue weighted by molar-refractivity contribution is 0.0509. The number of benzene rings is 1. The first kappa shape index (κ1) is 13.4. The molecule has 0 aliphatic heterocycles. The summed E-state index contributed by atoms with van der Waals surface area (Å²) in [5.74, 6) is -0.410. The van der Waals surface area contributed by atoms with E-state index in [1.807, 2.05) is 12.1 Å². The van der Waals surface area contributed by atoms with Crippen LogP contribution in [-0.4, -0.2) is 17.6 Å². The molecule has 0 spiro atoms. The lowest BCUT2D eigenvalue weighted by atomic mass is 10.2. The Morgan fingerprint density at radius 2 is 2.21 bits per heavy atom. The van der Waals surface area contributed by atoms with Crippen LogP contribution in [0.4, 0.5) is 5.69 Å². The minimum atomic E-state index is -0.410. The first-order valence-electron chi connectivity index (χ1n) is 5.78. The van der Waals surface area contributed by atoms with Crippen LogP contribution in [0.2, 0.25) is 5.02 Å². The topological polar surface area (TPSA) is 65.2 Å². The van der Waals surface area contributed by atoms with Crippen LogP contribution in [-0.2, 0) is 11.2 Å². The van der Waals surface area contributed by atoms with E-state index in [0.29, 0.717) is 29.3 Å². The molecule has 0 saturated heterocycles. The summed E-state index contributed by atoms with van der Waals surface area (Å²) in [5.41, 5.74) is 7.41. The first-order chi connectivity index (χ1) is 9.16. The van der Waals surface area contributed by atoms with E-state index < -0.39 is 5.97 Å². The van der Waals surface area contributed by atoms with Gasteiger partial charge in [0.05, 0.1) is 22.9 Å². The molecular formula is C14H13ClN2O2. The number of hydrogen-bond donors (Lipinski definition) is 1. The lowest BCUT2D eigenvalue weighted by Crippen LogP contribution is -2.08. The van der Waals surface area contributed by atoms with Crippen LogP contribution >= 0.6 is 11.6 Å². The average Bonchev–Trinajstić information content (AvgIpc) is 2.43. The Bertz CT molecular complexity index is 573. The molecule has 2 N–H and O–H groups in total. The van der Waals surface area contributed by atoms with Crippen molar-refractivity contribution in [2.75, 3.05) is 12.3 Å². The third-order valence-corrected chi connectivity index (χ3v) is 2.92. The molecule has 0 fully saturated rings. The highest BCUT2D eigenvalue weighted by Gasteiger charge is 2.08. The Balaban J connectivity index is 1.89. The first-order valence-corrected chi connectivity index (χ1v) is 6.15. The summed E-state index contributed by atoms with van der Waals surface area (Å²) >= 11 is 5.79. The number of nitrogen functional groups attached to an aromatic ring is 1. The van der Waals surface area contributed by atoms with E-state index in [2.05, 4.69) is 4.98 Å². The van der Waals surface area contributed by atoms with Crippen LogP contribution in [0.3, 0.4) is 0 Å². The van der Waals surface area contributed by atoms with Crippen molar-refractivity contribution in [2.24, 2.45) is 0 Å². The highest BCUT2D eigenvalue weighted by molar-refractivity contribution is 6.33. The molecule has 0 unspecified atom stereocenters. The average molecular weight is 277 g/mol. The fraction of sp³-hybridized carbons (Fsp3) is 0.143. The molecule has 5 heteroatoms. The van der Waals surface area contributed by atoms with Crippen molar-refractivity contribution >= 4 is 23.3 Å². The molecule has 1 aromatic carbocycles. The van der Waals surface area contributed by atoms with Gasteiger partial charge in [0.1, 0.15) is 0 Å². The maximum atomic E-state index is 11.8. The van der Waals surface area contributed by atoms with Gasteiger partial charge in [0.25, 0.3) is 0 Å². The second-order valence-electron chi connectivity index (χ2n) is 3.98. The number of aromatic nitrogens is 1. The highest BCUT2D eigenvalue weighted by Crippen LogP contribution is 2.19. The Morgan fingerprint density at radius 1 is 1.37 bits per heavy atom. The van der Waals surface area contributed by atoms with E-state index >= 15 is 0 Å². The van der Waals surface area contributed by atoms with Crippen molar-refractivity contribution in [1.29, 1.82) is 0 Å². The molecule has 19 heavy (non-hydrogen) atoms. The summed E-state index contributed by atoms with van der Waals surface area (Å²) in [6, 6.07) is 8.45. The molecule has 0 saturated carbocycles. The number of anilines is 1. The third kappa shape index (κ3) is 3.69. The second-order valence-corrected chi connectivity index (χ2v) is 4.39. The van der Waals surface area contributed by atoms with Gasteiger partial charge in [0.15, 0.2) is 0 Å². The Hall–Kier alpha value is -2.07. The van der Waals surface area contributed by atoms with Crippen molar-refractivity contribution in [2.45, 2.75) is 6.42 Å². The number of nitrogens with zero attached hydrogens (tertiary/aromatic N) is 1. The number of carbonyl (C=O) groups excluding carboxylic acids is 1. The van der Waals surface area contributed by atoms with Crippen LogP contribution in [0.25, 0.3) is 0 Å². The summed E-state index contributed by atoms with van der Waals surface area (Å²) in [6.45, 7) is 0.299. The Kier molecular flexibility index (Phi) is 4.36. The lowest BCUT2D eigenvalue weighted by Gasteiger charge is -2.06. The third-order valence-electron chi connectivity index (χ3n) is 2.58. The van der Waals surface area contributed by atoms with Crippen LogP contribution in [0.5, 0.6) is 0 Å². The molecule has 0 aliphatic carbocycles. The zero-order chi connectivity index (χ0) is 13.7. The van der Waals surface area contributed by atoms with Gasteiger partial charge in [0, 0.05) is 18.8 Å². The monoisotopic (exact) mass is 276 g/mol. The number of rotatable bonds is 4. The summed E-state index contributed by atoms with van der Waals surface area (Å²) in [4.78, 5) is 15.8. The van der Waals surface area contributed by atoms with Crippen molar-refractivity contribution in [1.82, 2.24) is 4.98 Å². The van der Waals surface area contributed by atoms with Crippen LogP contribution < -0.4 is 5.73 Å². The van der Waals surface area contributed by atoms with Gasteiger partial charge >= 0.3 is 5.97 Å². The maximum Gasteiger partial charge on any atom is 0.338 e. The fourth-order valence-corrected chi connectivity index (χ4v) is 1.68. The molecule has 0 radical (unpaired) electrons. The predicted octanol–water partition coefficient (Wildman–Crippen LogP) is 2.72. The van der Waals surface area contributed by atoms with Gasteiger partial charge in [-0.15, -0.1) is 0 Å². The zero-order valence-electron chi connectivity index (χ0n) is 10.2. The molecule has 4 nitrogen and oxygen atoms in total. The zero-order valence-corrected chi connectivity index (χ0v) is 10.9. The largest absolute Gasteiger partial charge is 0.462 e. The second kappa shape index (κ2) is 6.20. The SMILES string of the molecule is Nc1cc(C(=O)OCCc2cccnc2)ccc1Cl. The van der Waals surface area contributed by atoms with Gasteiger partial charge in [-0.2, -0.15) is 0 Å². The van der Waals surface area contributed by atoms with Gasteiger partial charge < -0.3 is 10.5 Å². The number of pyridine rings is 1. The molecular weight excluding hydrogens is 264 g/mol. The number of nitrogens with two attached hydrogens (primary N) is 1. The van der Waals surface area contributed by atoms with Gasteiger partial charge in [0.2, 0.25) is 0 Å². The molecule has 0 aliphatic rings. The molecule has 2 rings (SSSR count). The van der Waals surface area contributed by atoms with E-state index in [9.17, 15) is 4.79 Å². The number of carbonyl (C=O) groups is 1. The molecule has 0 amide bonds. The molecule has 0 atom stereocenters. The van der Waals surface area contributed by atoms with E-state index in [1.54, 1.807) is 24.5 Å². The highest BCUT2D eigenvalue weighted by atomic mass is 35.5. The summed E-state index contributed by atoms with van der Waals surface area (Å²) in [5, 5.41) is 0.423. The smallest absolute Gasteiger partial charge is 0.338 e. The predicted molar refractivity (Wildman–Crippen MR) is 74.1 cm³/mol. The number of halogens is 1. The minimum absolute atomic E-state index is 0.299. The van der Waals surface area contributed by atoms with Gasteiger partial charge in [-0.25, -0.2) is 4.79 Å². The van der Waals surface area contributed by atoms with Crippen molar-refractivity contribution < 1.29 is 9.53 Å². The molecule has 1 heterocycles. The normalized spacial score (nSPS) is 10.2. The van der Waals surface area contributed by atoms with Crippen LogP contribution in [0.15, 0.2) is 42.7 Å². The van der Waals surface area contributed by atoms with E-state index in [-0.39, 0.29) is 0 Å². The number of hydrogen-bond acceptors (Lipinski definition) is 4. The standard InChI is InChI=1S/C14H13ClN2O2/c15-12-4-3-11(8-13(12)16)14(18)19-7-5-10-2-1-6-17-9-10/h1-4,6,8-9H,5,7,16H2. The van der Waals surface area contributed by atoms with Crippen LogP contribution in [0.1, 0.15) is 15.9 Å². The maximum absolute atomic E-state index is 11.8. The van der Waals surface area contributed by atoms with Crippen molar-refractivity contribution in [3.63, 3.8) is 0 Å².